The monoisotopic (exact) mass is 433 g/mol. The number of carbonyl (C=O) groups excluding carboxylic acids is 2. The van der Waals surface area contributed by atoms with Gasteiger partial charge in [-0.05, 0) is 57.9 Å². The maximum absolute atomic E-state index is 12.5. The molecule has 0 aliphatic carbocycles. The molecule has 30 heavy (non-hydrogen) atoms. The van der Waals surface area contributed by atoms with Crippen molar-refractivity contribution in [2.75, 3.05) is 13.1 Å². The SMILES string of the molecule is CC(C)(C)OC(=O)NC1CCN(C(=O)NCc2cnn(-c3ccc(Cl)cc3)c2)CC1. The third-order valence-electron chi connectivity index (χ3n) is 4.67. The minimum Gasteiger partial charge on any atom is -0.444 e. The maximum atomic E-state index is 12.5. The van der Waals surface area contributed by atoms with Crippen LogP contribution in [0, 0.1) is 0 Å². The van der Waals surface area contributed by atoms with Gasteiger partial charge in [0.25, 0.3) is 0 Å². The van der Waals surface area contributed by atoms with Crippen LogP contribution in [-0.4, -0.2) is 51.5 Å². The first-order valence-electron chi connectivity index (χ1n) is 10.0. The van der Waals surface area contributed by atoms with E-state index in [0.717, 1.165) is 11.3 Å². The zero-order chi connectivity index (χ0) is 21.7. The van der Waals surface area contributed by atoms with E-state index in [1.54, 1.807) is 27.9 Å². The molecular weight excluding hydrogens is 406 g/mol. The number of halogens is 1. The van der Waals surface area contributed by atoms with E-state index in [9.17, 15) is 9.59 Å². The van der Waals surface area contributed by atoms with E-state index in [2.05, 4.69) is 15.7 Å². The van der Waals surface area contributed by atoms with Crippen LogP contribution in [0.15, 0.2) is 36.7 Å². The molecule has 2 N–H and O–H groups in total. The van der Waals surface area contributed by atoms with Crippen molar-refractivity contribution in [1.29, 1.82) is 0 Å². The summed E-state index contributed by atoms with van der Waals surface area (Å²) in [4.78, 5) is 26.1. The number of nitrogens with zero attached hydrogens (tertiary/aromatic N) is 3. The van der Waals surface area contributed by atoms with Crippen molar-refractivity contribution in [1.82, 2.24) is 25.3 Å². The van der Waals surface area contributed by atoms with Crippen LogP contribution in [0.2, 0.25) is 5.02 Å². The first kappa shape index (κ1) is 22.0. The van der Waals surface area contributed by atoms with Crippen molar-refractivity contribution in [3.63, 3.8) is 0 Å². The lowest BCUT2D eigenvalue weighted by Gasteiger charge is -2.32. The molecule has 1 aliphatic heterocycles. The molecule has 3 amide bonds. The van der Waals surface area contributed by atoms with E-state index in [1.807, 2.05) is 39.1 Å². The molecule has 0 atom stereocenters. The number of carbonyl (C=O) groups is 2. The number of hydrogen-bond donors (Lipinski definition) is 2. The minimum atomic E-state index is -0.522. The summed E-state index contributed by atoms with van der Waals surface area (Å²) in [5.74, 6) is 0. The number of hydrogen-bond acceptors (Lipinski definition) is 4. The van der Waals surface area contributed by atoms with Gasteiger partial charge in [-0.25, -0.2) is 14.3 Å². The van der Waals surface area contributed by atoms with E-state index >= 15 is 0 Å². The molecule has 8 nitrogen and oxygen atoms in total. The van der Waals surface area contributed by atoms with E-state index in [0.29, 0.717) is 37.5 Å². The lowest BCUT2D eigenvalue weighted by atomic mass is 10.1. The molecule has 1 aromatic heterocycles. The van der Waals surface area contributed by atoms with Gasteiger partial charge in [-0.3, -0.25) is 0 Å². The van der Waals surface area contributed by atoms with Crippen molar-refractivity contribution in [2.24, 2.45) is 0 Å². The second kappa shape index (κ2) is 9.38. The molecule has 1 aliphatic rings. The number of rotatable bonds is 4. The molecule has 162 valence electrons. The zero-order valence-electron chi connectivity index (χ0n) is 17.5. The summed E-state index contributed by atoms with van der Waals surface area (Å²) in [6.45, 7) is 7.05. The van der Waals surface area contributed by atoms with Gasteiger partial charge in [0.05, 0.1) is 11.9 Å². The molecule has 0 saturated carbocycles. The number of amides is 3. The van der Waals surface area contributed by atoms with E-state index in [1.165, 1.54) is 0 Å². The van der Waals surface area contributed by atoms with Crippen LogP contribution in [0.25, 0.3) is 5.69 Å². The van der Waals surface area contributed by atoms with Crippen molar-refractivity contribution < 1.29 is 14.3 Å². The second-order valence-electron chi connectivity index (χ2n) is 8.34. The van der Waals surface area contributed by atoms with E-state index in [4.69, 9.17) is 16.3 Å². The fourth-order valence-corrected chi connectivity index (χ4v) is 3.30. The van der Waals surface area contributed by atoms with Gasteiger partial charge in [0.15, 0.2) is 0 Å². The van der Waals surface area contributed by atoms with Crippen molar-refractivity contribution in [2.45, 2.75) is 51.8 Å². The van der Waals surface area contributed by atoms with Crippen LogP contribution in [0.4, 0.5) is 9.59 Å². The summed E-state index contributed by atoms with van der Waals surface area (Å²) < 4.78 is 7.03. The molecule has 0 spiro atoms. The summed E-state index contributed by atoms with van der Waals surface area (Å²) in [6, 6.07) is 7.27. The number of aromatic nitrogens is 2. The highest BCUT2D eigenvalue weighted by Gasteiger charge is 2.25. The van der Waals surface area contributed by atoms with E-state index in [-0.39, 0.29) is 12.1 Å². The van der Waals surface area contributed by atoms with Gasteiger partial charge in [0, 0.05) is 42.5 Å². The summed E-state index contributed by atoms with van der Waals surface area (Å²) >= 11 is 5.91. The topological polar surface area (TPSA) is 88.5 Å². The third-order valence-corrected chi connectivity index (χ3v) is 4.93. The van der Waals surface area contributed by atoms with Crippen LogP contribution in [0.5, 0.6) is 0 Å². The molecule has 2 heterocycles. The molecule has 1 fully saturated rings. The Morgan fingerprint density at radius 2 is 1.87 bits per heavy atom. The summed E-state index contributed by atoms with van der Waals surface area (Å²) in [5, 5.41) is 10.8. The fourth-order valence-electron chi connectivity index (χ4n) is 3.18. The Morgan fingerprint density at radius 1 is 1.20 bits per heavy atom. The number of urea groups is 1. The van der Waals surface area contributed by atoms with Gasteiger partial charge in [0.2, 0.25) is 0 Å². The summed E-state index contributed by atoms with van der Waals surface area (Å²) in [6.07, 6.45) is 4.58. The van der Waals surface area contributed by atoms with Gasteiger partial charge in [-0.1, -0.05) is 11.6 Å². The Morgan fingerprint density at radius 3 is 2.50 bits per heavy atom. The second-order valence-corrected chi connectivity index (χ2v) is 8.77. The molecular formula is C21H28ClN5O3. The van der Waals surface area contributed by atoms with Gasteiger partial charge >= 0.3 is 12.1 Å². The number of ether oxygens (including phenoxy) is 1. The van der Waals surface area contributed by atoms with Crippen LogP contribution >= 0.6 is 11.6 Å². The largest absolute Gasteiger partial charge is 0.444 e. The molecule has 9 heteroatoms. The van der Waals surface area contributed by atoms with Crippen LogP contribution in [0.3, 0.4) is 0 Å². The van der Waals surface area contributed by atoms with Crippen molar-refractivity contribution in [3.05, 3.63) is 47.2 Å². The van der Waals surface area contributed by atoms with Gasteiger partial charge < -0.3 is 20.3 Å². The average Bonchev–Trinajstić information content (AvgIpc) is 3.15. The molecule has 2 aromatic rings. The highest BCUT2D eigenvalue weighted by molar-refractivity contribution is 6.30. The summed E-state index contributed by atoms with van der Waals surface area (Å²) in [5.41, 5.74) is 1.28. The first-order chi connectivity index (χ1) is 14.2. The van der Waals surface area contributed by atoms with Gasteiger partial charge in [-0.2, -0.15) is 5.10 Å². The minimum absolute atomic E-state index is 0.0153. The number of nitrogens with one attached hydrogen (secondary N) is 2. The molecule has 0 bridgehead atoms. The van der Waals surface area contributed by atoms with Gasteiger partial charge in [-0.15, -0.1) is 0 Å². The molecule has 0 unspecified atom stereocenters. The lowest BCUT2D eigenvalue weighted by molar-refractivity contribution is 0.0485. The predicted molar refractivity (Wildman–Crippen MR) is 115 cm³/mol. The average molecular weight is 434 g/mol. The zero-order valence-corrected chi connectivity index (χ0v) is 18.3. The van der Waals surface area contributed by atoms with Crippen LogP contribution in [-0.2, 0) is 11.3 Å². The Hall–Kier alpha value is -2.74. The highest BCUT2D eigenvalue weighted by Crippen LogP contribution is 2.15. The number of likely N-dealkylation sites (tertiary alicyclic amines) is 1. The van der Waals surface area contributed by atoms with Crippen LogP contribution < -0.4 is 10.6 Å². The van der Waals surface area contributed by atoms with Gasteiger partial charge in [0.1, 0.15) is 5.60 Å². The Balaban J connectivity index is 1.42. The Bertz CT molecular complexity index is 868. The number of benzene rings is 1. The summed E-state index contributed by atoms with van der Waals surface area (Å²) in [7, 11) is 0. The number of alkyl carbamates (subject to hydrolysis) is 1. The smallest absolute Gasteiger partial charge is 0.407 e. The standard InChI is InChI=1S/C21H28ClN5O3/c1-21(2,3)30-20(29)25-17-8-10-26(11-9-17)19(28)23-12-15-13-24-27(14-15)18-6-4-16(22)5-7-18/h4-7,13-14,17H,8-12H2,1-3H3,(H,23,28)(H,25,29). The van der Waals surface area contributed by atoms with Crippen LogP contribution in [0.1, 0.15) is 39.2 Å². The lowest BCUT2D eigenvalue weighted by Crippen LogP contribution is -2.49. The molecule has 1 saturated heterocycles. The molecule has 1 aromatic carbocycles. The number of piperidine rings is 1. The molecule has 0 radical (unpaired) electrons. The normalized spacial score (nSPS) is 15.0. The van der Waals surface area contributed by atoms with Crippen molar-refractivity contribution in [3.8, 4) is 5.69 Å². The Labute approximate surface area is 181 Å². The van der Waals surface area contributed by atoms with Crippen molar-refractivity contribution >= 4 is 23.7 Å². The third kappa shape index (κ3) is 6.38. The fraction of sp³-hybridized carbons (Fsp3) is 0.476. The highest BCUT2D eigenvalue weighted by atomic mass is 35.5. The maximum Gasteiger partial charge on any atom is 0.407 e. The quantitative estimate of drug-likeness (QED) is 0.769. The molecule has 3 rings (SSSR count). The predicted octanol–water partition coefficient (Wildman–Crippen LogP) is 3.72. The first-order valence-corrected chi connectivity index (χ1v) is 10.4. The Kier molecular flexibility index (Phi) is 6.87. The van der Waals surface area contributed by atoms with E-state index < -0.39 is 11.7 Å².